The summed E-state index contributed by atoms with van der Waals surface area (Å²) in [6.45, 7) is 1.40. The molecule has 1 aliphatic heterocycles. The number of rotatable bonds is 4. The predicted octanol–water partition coefficient (Wildman–Crippen LogP) is 0.918. The average Bonchev–Trinajstić information content (AvgIpc) is 2.74. The Morgan fingerprint density at radius 3 is 2.83 bits per heavy atom. The quantitative estimate of drug-likeness (QED) is 0.837. The molecule has 1 aromatic rings. The van der Waals surface area contributed by atoms with E-state index in [0.717, 1.165) is 0 Å². The van der Waals surface area contributed by atoms with E-state index in [0.29, 0.717) is 25.2 Å². The van der Waals surface area contributed by atoms with Gasteiger partial charge in [-0.15, -0.1) is 0 Å². The predicted molar refractivity (Wildman–Crippen MR) is 63.8 cm³/mol. The zero-order valence-electron chi connectivity index (χ0n) is 9.92. The van der Waals surface area contributed by atoms with Crippen LogP contribution in [-0.2, 0) is 4.79 Å². The van der Waals surface area contributed by atoms with Gasteiger partial charge in [-0.3, -0.25) is 9.69 Å². The second kappa shape index (κ2) is 5.46. The van der Waals surface area contributed by atoms with Crippen LogP contribution < -0.4 is 0 Å². The molecule has 0 saturated carbocycles. The first-order chi connectivity index (χ1) is 8.61. The molecule has 0 amide bonds. The van der Waals surface area contributed by atoms with Crippen LogP contribution in [0.15, 0.2) is 24.3 Å². The van der Waals surface area contributed by atoms with E-state index in [1.807, 2.05) is 4.90 Å². The Morgan fingerprint density at radius 1 is 1.44 bits per heavy atom. The van der Waals surface area contributed by atoms with E-state index >= 15 is 0 Å². The molecule has 4 nitrogen and oxygen atoms in total. The van der Waals surface area contributed by atoms with Crippen LogP contribution in [0.5, 0.6) is 0 Å². The van der Waals surface area contributed by atoms with Crippen molar-refractivity contribution >= 4 is 5.97 Å². The summed E-state index contributed by atoms with van der Waals surface area (Å²) in [4.78, 5) is 13.1. The van der Waals surface area contributed by atoms with Crippen molar-refractivity contribution in [2.75, 3.05) is 26.2 Å². The van der Waals surface area contributed by atoms with Crippen molar-refractivity contribution in [1.29, 1.82) is 0 Å². The van der Waals surface area contributed by atoms with Crippen LogP contribution in [0.1, 0.15) is 11.5 Å². The van der Waals surface area contributed by atoms with Gasteiger partial charge in [-0.2, -0.15) is 0 Å². The third-order valence-electron chi connectivity index (χ3n) is 3.41. The molecular formula is C13H16FNO3. The van der Waals surface area contributed by atoms with Gasteiger partial charge in [0, 0.05) is 25.6 Å². The number of carbonyl (C=O) groups is 1. The molecule has 1 aromatic carbocycles. The van der Waals surface area contributed by atoms with Gasteiger partial charge in [-0.05, 0) is 17.7 Å². The van der Waals surface area contributed by atoms with Gasteiger partial charge < -0.3 is 10.2 Å². The zero-order chi connectivity index (χ0) is 13.1. The number of carboxylic acids is 1. The molecule has 0 spiro atoms. The average molecular weight is 253 g/mol. The zero-order valence-corrected chi connectivity index (χ0v) is 9.92. The Balaban J connectivity index is 2.21. The maximum atomic E-state index is 13.2. The first-order valence-electron chi connectivity index (χ1n) is 5.93. The fourth-order valence-electron chi connectivity index (χ4n) is 2.53. The normalized spacial score (nSPS) is 24.3. The number of halogens is 1. The summed E-state index contributed by atoms with van der Waals surface area (Å²) in [5.74, 6) is -1.98. The van der Waals surface area contributed by atoms with Crippen molar-refractivity contribution in [2.24, 2.45) is 5.92 Å². The van der Waals surface area contributed by atoms with Gasteiger partial charge in [0.2, 0.25) is 0 Å². The molecule has 2 atom stereocenters. The Morgan fingerprint density at radius 2 is 2.22 bits per heavy atom. The molecule has 18 heavy (non-hydrogen) atoms. The van der Waals surface area contributed by atoms with E-state index in [1.165, 1.54) is 12.1 Å². The summed E-state index contributed by atoms with van der Waals surface area (Å²) in [7, 11) is 0. The topological polar surface area (TPSA) is 60.8 Å². The van der Waals surface area contributed by atoms with E-state index in [4.69, 9.17) is 5.11 Å². The van der Waals surface area contributed by atoms with Crippen LogP contribution >= 0.6 is 0 Å². The minimum Gasteiger partial charge on any atom is -0.481 e. The molecule has 98 valence electrons. The second-order valence-electron chi connectivity index (χ2n) is 4.59. The minimum absolute atomic E-state index is 0.00219. The molecule has 1 heterocycles. The Hall–Kier alpha value is -1.46. The van der Waals surface area contributed by atoms with Gasteiger partial charge in [0.15, 0.2) is 0 Å². The van der Waals surface area contributed by atoms with Crippen molar-refractivity contribution in [3.63, 3.8) is 0 Å². The van der Waals surface area contributed by atoms with E-state index in [9.17, 15) is 14.3 Å². The molecule has 1 fully saturated rings. The van der Waals surface area contributed by atoms with Crippen molar-refractivity contribution < 1.29 is 19.4 Å². The number of β-amino-alcohol motifs (C(OH)–C–C–N with tert-alkyl or cyclic N) is 1. The third kappa shape index (κ3) is 2.68. The number of aliphatic carboxylic acids is 1. The monoisotopic (exact) mass is 253 g/mol. The van der Waals surface area contributed by atoms with Crippen molar-refractivity contribution in [3.05, 3.63) is 35.6 Å². The van der Waals surface area contributed by atoms with Gasteiger partial charge in [-0.1, -0.05) is 12.1 Å². The van der Waals surface area contributed by atoms with Crippen LogP contribution in [0.2, 0.25) is 0 Å². The summed E-state index contributed by atoms with van der Waals surface area (Å²) in [6.07, 6.45) is 0. The van der Waals surface area contributed by atoms with E-state index in [-0.39, 0.29) is 18.3 Å². The lowest BCUT2D eigenvalue weighted by atomic mass is 9.89. The molecule has 5 heteroatoms. The molecule has 0 radical (unpaired) electrons. The minimum atomic E-state index is -0.871. The highest BCUT2D eigenvalue weighted by atomic mass is 19.1. The summed E-state index contributed by atoms with van der Waals surface area (Å²) >= 11 is 0. The molecular weight excluding hydrogens is 237 g/mol. The van der Waals surface area contributed by atoms with Crippen LogP contribution in [-0.4, -0.2) is 47.3 Å². The summed E-state index contributed by atoms with van der Waals surface area (Å²) < 4.78 is 13.2. The van der Waals surface area contributed by atoms with Gasteiger partial charge in [0.25, 0.3) is 0 Å². The molecule has 0 unspecified atom stereocenters. The van der Waals surface area contributed by atoms with E-state index in [1.54, 1.807) is 12.1 Å². The summed E-state index contributed by atoms with van der Waals surface area (Å²) in [6, 6.07) is 6.09. The van der Waals surface area contributed by atoms with Gasteiger partial charge in [-0.25, -0.2) is 4.39 Å². The molecule has 0 aromatic heterocycles. The van der Waals surface area contributed by atoms with E-state index < -0.39 is 11.9 Å². The number of hydrogen-bond donors (Lipinski definition) is 2. The number of aliphatic hydroxyl groups excluding tert-OH is 1. The number of hydrogen-bond acceptors (Lipinski definition) is 3. The van der Waals surface area contributed by atoms with Crippen molar-refractivity contribution in [2.45, 2.75) is 5.92 Å². The maximum Gasteiger partial charge on any atom is 0.308 e. The van der Waals surface area contributed by atoms with Crippen LogP contribution in [0.25, 0.3) is 0 Å². The fourth-order valence-corrected chi connectivity index (χ4v) is 2.53. The van der Waals surface area contributed by atoms with Crippen LogP contribution in [0.4, 0.5) is 4.39 Å². The first-order valence-corrected chi connectivity index (χ1v) is 5.93. The smallest absolute Gasteiger partial charge is 0.308 e. The summed E-state index contributed by atoms with van der Waals surface area (Å²) in [5, 5.41) is 18.1. The summed E-state index contributed by atoms with van der Waals surface area (Å²) in [5.41, 5.74) is 0.711. The van der Waals surface area contributed by atoms with Gasteiger partial charge >= 0.3 is 5.97 Å². The largest absolute Gasteiger partial charge is 0.481 e. The first kappa shape index (κ1) is 13.0. The van der Waals surface area contributed by atoms with Crippen LogP contribution in [0.3, 0.4) is 0 Å². The number of benzene rings is 1. The Labute approximate surface area is 105 Å². The Kier molecular flexibility index (Phi) is 3.93. The third-order valence-corrected chi connectivity index (χ3v) is 3.41. The van der Waals surface area contributed by atoms with Gasteiger partial charge in [0.05, 0.1) is 12.5 Å². The lowest BCUT2D eigenvalue weighted by Gasteiger charge is -2.15. The standard InChI is InChI=1S/C13H16FNO3/c14-10-3-1-2-9(6-10)11-7-15(4-5-16)8-12(11)13(17)18/h1-3,6,11-12,16H,4-5,7-8H2,(H,17,18)/t11-,12+/m0/s1. The second-order valence-corrected chi connectivity index (χ2v) is 4.59. The molecule has 0 aliphatic carbocycles. The van der Waals surface area contributed by atoms with E-state index in [2.05, 4.69) is 0 Å². The molecule has 2 N–H and O–H groups in total. The number of nitrogens with zero attached hydrogens (tertiary/aromatic N) is 1. The molecule has 0 bridgehead atoms. The van der Waals surface area contributed by atoms with Crippen molar-refractivity contribution in [1.82, 2.24) is 4.90 Å². The molecule has 1 aliphatic rings. The highest BCUT2D eigenvalue weighted by molar-refractivity contribution is 5.72. The lowest BCUT2D eigenvalue weighted by molar-refractivity contribution is -0.141. The highest BCUT2D eigenvalue weighted by Crippen LogP contribution is 2.32. The lowest BCUT2D eigenvalue weighted by Crippen LogP contribution is -2.25. The SMILES string of the molecule is O=C(O)[C@@H]1CN(CCO)C[C@H]1c1cccc(F)c1. The van der Waals surface area contributed by atoms with Gasteiger partial charge in [0.1, 0.15) is 5.82 Å². The number of carboxylic acid groups (broad SMARTS) is 1. The number of aliphatic hydroxyl groups is 1. The number of likely N-dealkylation sites (tertiary alicyclic amines) is 1. The highest BCUT2D eigenvalue weighted by Gasteiger charge is 2.38. The van der Waals surface area contributed by atoms with Crippen LogP contribution in [0, 0.1) is 11.7 Å². The molecule has 1 saturated heterocycles. The van der Waals surface area contributed by atoms with Crippen molar-refractivity contribution in [3.8, 4) is 0 Å². The maximum absolute atomic E-state index is 13.2. The Bertz CT molecular complexity index is 438. The fraction of sp³-hybridized carbons (Fsp3) is 0.462. The molecule has 2 rings (SSSR count).